The fraction of sp³-hybridized carbons (Fsp3) is 0.100. The van der Waals surface area contributed by atoms with Crippen LogP contribution in [-0.4, -0.2) is 4.92 Å². The Morgan fingerprint density at radius 2 is 1.17 bits per heavy atom. The number of nitro benzene ring substituents is 1. The topological polar surface area (TPSA) is 43.1 Å². The summed E-state index contributed by atoms with van der Waals surface area (Å²) in [6.07, 6.45) is 0. The third-order valence-corrected chi connectivity index (χ3v) is 3.94. The third-order valence-electron chi connectivity index (χ3n) is 3.94. The molecule has 0 radical (unpaired) electrons. The van der Waals surface area contributed by atoms with Gasteiger partial charge < -0.3 is 0 Å². The minimum absolute atomic E-state index is 0.108. The lowest BCUT2D eigenvalue weighted by molar-refractivity contribution is -0.384. The van der Waals surface area contributed by atoms with Crippen molar-refractivity contribution in [2.45, 2.75) is 13.8 Å². The van der Waals surface area contributed by atoms with E-state index in [2.05, 4.69) is 12.1 Å². The van der Waals surface area contributed by atoms with E-state index in [1.54, 1.807) is 12.1 Å². The van der Waals surface area contributed by atoms with Crippen molar-refractivity contribution >= 4 is 5.69 Å². The van der Waals surface area contributed by atoms with Gasteiger partial charge in [-0.05, 0) is 42.2 Å². The van der Waals surface area contributed by atoms with Crippen LogP contribution in [0.25, 0.3) is 22.3 Å². The zero-order valence-electron chi connectivity index (χ0n) is 13.1. The number of aryl methyl sites for hydroxylation is 2. The fourth-order valence-corrected chi connectivity index (χ4v) is 2.60. The Labute approximate surface area is 135 Å². The molecule has 0 aliphatic heterocycles. The normalized spacial score (nSPS) is 10.5. The van der Waals surface area contributed by atoms with E-state index in [1.807, 2.05) is 56.3 Å². The Kier molecular flexibility index (Phi) is 3.94. The van der Waals surface area contributed by atoms with E-state index in [1.165, 1.54) is 5.56 Å². The Morgan fingerprint density at radius 3 is 1.65 bits per heavy atom. The van der Waals surface area contributed by atoms with Gasteiger partial charge in [-0.15, -0.1) is 0 Å². The second-order valence-corrected chi connectivity index (χ2v) is 5.72. The lowest BCUT2D eigenvalue weighted by Gasteiger charge is -2.11. The van der Waals surface area contributed by atoms with E-state index in [-0.39, 0.29) is 10.6 Å². The maximum absolute atomic E-state index is 11.1. The van der Waals surface area contributed by atoms with Gasteiger partial charge in [0.15, 0.2) is 0 Å². The van der Waals surface area contributed by atoms with Gasteiger partial charge >= 0.3 is 0 Å². The molecule has 3 aromatic rings. The molecule has 23 heavy (non-hydrogen) atoms. The van der Waals surface area contributed by atoms with Gasteiger partial charge in [-0.3, -0.25) is 10.1 Å². The molecule has 0 unspecified atom stereocenters. The van der Waals surface area contributed by atoms with Crippen molar-refractivity contribution in [1.29, 1.82) is 0 Å². The second-order valence-electron chi connectivity index (χ2n) is 5.72. The van der Waals surface area contributed by atoms with Gasteiger partial charge in [-0.2, -0.15) is 0 Å². The lowest BCUT2D eigenvalue weighted by atomic mass is 9.93. The molecular formula is C20H17NO2. The first-order chi connectivity index (χ1) is 11.0. The van der Waals surface area contributed by atoms with Crippen LogP contribution in [0.5, 0.6) is 0 Å². The largest absolute Gasteiger partial charge is 0.270 e. The van der Waals surface area contributed by atoms with Gasteiger partial charge in [-0.1, -0.05) is 59.7 Å². The monoisotopic (exact) mass is 303 g/mol. The van der Waals surface area contributed by atoms with Gasteiger partial charge in [-0.25, -0.2) is 0 Å². The molecule has 0 amide bonds. The van der Waals surface area contributed by atoms with Crippen molar-refractivity contribution in [1.82, 2.24) is 0 Å². The van der Waals surface area contributed by atoms with Gasteiger partial charge in [0.05, 0.1) is 4.92 Å². The molecule has 0 aliphatic carbocycles. The molecule has 0 bridgehead atoms. The van der Waals surface area contributed by atoms with E-state index in [9.17, 15) is 10.1 Å². The van der Waals surface area contributed by atoms with Crippen LogP contribution in [0.3, 0.4) is 0 Å². The summed E-state index contributed by atoms with van der Waals surface area (Å²) in [5.41, 5.74) is 6.37. The molecule has 3 nitrogen and oxygen atoms in total. The summed E-state index contributed by atoms with van der Waals surface area (Å²) >= 11 is 0. The highest BCUT2D eigenvalue weighted by Crippen LogP contribution is 2.35. The maximum Gasteiger partial charge on any atom is 0.270 e. The summed E-state index contributed by atoms with van der Waals surface area (Å²) in [4.78, 5) is 10.8. The first-order valence-corrected chi connectivity index (χ1v) is 7.47. The number of hydrogen-bond donors (Lipinski definition) is 0. The van der Waals surface area contributed by atoms with Crippen LogP contribution in [0.1, 0.15) is 11.1 Å². The minimum atomic E-state index is -0.351. The predicted molar refractivity (Wildman–Crippen MR) is 93.4 cm³/mol. The molecule has 3 heteroatoms. The van der Waals surface area contributed by atoms with Crippen molar-refractivity contribution in [3.63, 3.8) is 0 Å². The van der Waals surface area contributed by atoms with Gasteiger partial charge in [0, 0.05) is 12.1 Å². The SMILES string of the molecule is Cc1ccc(-c2ccc([N+](=O)[O-])cc2-c2ccc(C)cc2)cc1. The number of rotatable bonds is 3. The van der Waals surface area contributed by atoms with Crippen molar-refractivity contribution < 1.29 is 4.92 Å². The molecule has 0 spiro atoms. The summed E-state index contributed by atoms with van der Waals surface area (Å²) in [7, 11) is 0. The molecule has 0 aromatic heterocycles. The van der Waals surface area contributed by atoms with E-state index in [0.717, 1.165) is 27.8 Å². The number of non-ortho nitro benzene ring substituents is 1. The third kappa shape index (κ3) is 3.14. The molecular weight excluding hydrogens is 286 g/mol. The molecule has 0 atom stereocenters. The van der Waals surface area contributed by atoms with Crippen LogP contribution in [0, 0.1) is 24.0 Å². The highest BCUT2D eigenvalue weighted by molar-refractivity contribution is 5.85. The number of benzene rings is 3. The summed E-state index contributed by atoms with van der Waals surface area (Å²) in [6, 6.07) is 21.3. The van der Waals surface area contributed by atoms with Crippen molar-refractivity contribution in [2.75, 3.05) is 0 Å². The lowest BCUT2D eigenvalue weighted by Crippen LogP contribution is -1.91. The summed E-state index contributed by atoms with van der Waals surface area (Å²) in [5.74, 6) is 0. The van der Waals surface area contributed by atoms with Crippen molar-refractivity contribution in [3.05, 3.63) is 88.0 Å². The molecule has 0 saturated heterocycles. The number of nitrogens with zero attached hydrogens (tertiary/aromatic N) is 1. The van der Waals surface area contributed by atoms with Crippen molar-refractivity contribution in [2.24, 2.45) is 0 Å². The smallest absolute Gasteiger partial charge is 0.258 e. The molecule has 0 saturated carbocycles. The van der Waals surface area contributed by atoms with Crippen LogP contribution in [0.4, 0.5) is 5.69 Å². The van der Waals surface area contributed by atoms with Gasteiger partial charge in [0.2, 0.25) is 0 Å². The Morgan fingerprint density at radius 1 is 0.696 bits per heavy atom. The zero-order valence-corrected chi connectivity index (χ0v) is 13.1. The Bertz CT molecular complexity index is 850. The Hall–Kier alpha value is -2.94. The minimum Gasteiger partial charge on any atom is -0.258 e. The molecule has 3 rings (SSSR count). The first-order valence-electron chi connectivity index (χ1n) is 7.47. The molecule has 0 N–H and O–H groups in total. The molecule has 0 heterocycles. The average molecular weight is 303 g/mol. The number of nitro groups is 1. The predicted octanol–water partition coefficient (Wildman–Crippen LogP) is 5.55. The molecule has 3 aromatic carbocycles. The fourth-order valence-electron chi connectivity index (χ4n) is 2.60. The maximum atomic E-state index is 11.1. The molecule has 0 fully saturated rings. The summed E-state index contributed by atoms with van der Waals surface area (Å²) < 4.78 is 0. The summed E-state index contributed by atoms with van der Waals surface area (Å²) in [5, 5.41) is 11.1. The van der Waals surface area contributed by atoms with Crippen LogP contribution < -0.4 is 0 Å². The van der Waals surface area contributed by atoms with E-state index in [4.69, 9.17) is 0 Å². The highest BCUT2D eigenvalue weighted by atomic mass is 16.6. The quantitative estimate of drug-likeness (QED) is 0.470. The van der Waals surface area contributed by atoms with Crippen LogP contribution in [0.15, 0.2) is 66.7 Å². The standard InChI is InChI=1S/C20H17NO2/c1-14-3-7-16(8-4-14)19-12-11-18(21(22)23)13-20(19)17-9-5-15(2)6-10-17/h3-13H,1-2H3. The average Bonchev–Trinajstić information content (AvgIpc) is 2.56. The van der Waals surface area contributed by atoms with Crippen molar-refractivity contribution in [3.8, 4) is 22.3 Å². The van der Waals surface area contributed by atoms with E-state index < -0.39 is 0 Å². The second kappa shape index (κ2) is 6.05. The van der Waals surface area contributed by atoms with Crippen LogP contribution in [-0.2, 0) is 0 Å². The number of hydrogen-bond acceptors (Lipinski definition) is 2. The van der Waals surface area contributed by atoms with Gasteiger partial charge in [0.1, 0.15) is 0 Å². The van der Waals surface area contributed by atoms with Gasteiger partial charge in [0.25, 0.3) is 5.69 Å². The van der Waals surface area contributed by atoms with Crippen LogP contribution >= 0.6 is 0 Å². The van der Waals surface area contributed by atoms with E-state index >= 15 is 0 Å². The zero-order chi connectivity index (χ0) is 16.4. The van der Waals surface area contributed by atoms with E-state index in [0.29, 0.717) is 0 Å². The molecule has 0 aliphatic rings. The first kappa shape index (κ1) is 15.0. The summed E-state index contributed by atoms with van der Waals surface area (Å²) in [6.45, 7) is 4.07. The molecule has 114 valence electrons. The van der Waals surface area contributed by atoms with Crippen LogP contribution in [0.2, 0.25) is 0 Å². The Balaban J connectivity index is 2.20. The highest BCUT2D eigenvalue weighted by Gasteiger charge is 2.13.